The second-order valence-electron chi connectivity index (χ2n) is 4.72. The molecule has 1 aliphatic rings. The van der Waals surface area contributed by atoms with Crippen molar-refractivity contribution < 1.29 is 4.79 Å². The number of rotatable bonds is 6. The van der Waals surface area contributed by atoms with Gasteiger partial charge in [-0.15, -0.1) is 23.1 Å². The van der Waals surface area contributed by atoms with Gasteiger partial charge in [0.05, 0.1) is 16.5 Å². The largest absolute Gasteiger partial charge is 0.355 e. The van der Waals surface area contributed by atoms with Gasteiger partial charge in [0.15, 0.2) is 0 Å². The molecule has 2 N–H and O–H groups in total. The summed E-state index contributed by atoms with van der Waals surface area (Å²) in [6.07, 6.45) is 3.18. The lowest BCUT2D eigenvalue weighted by Crippen LogP contribution is -2.32. The SMILES string of the molecule is Cc1nc(CCNC(=O)CSC2CCNCC2)cs1. The van der Waals surface area contributed by atoms with Gasteiger partial charge < -0.3 is 10.6 Å². The van der Waals surface area contributed by atoms with Crippen LogP contribution in [0.4, 0.5) is 0 Å². The molecule has 0 atom stereocenters. The number of hydrogen-bond acceptors (Lipinski definition) is 5. The Morgan fingerprint density at radius 1 is 1.58 bits per heavy atom. The zero-order valence-electron chi connectivity index (χ0n) is 11.3. The zero-order chi connectivity index (χ0) is 13.5. The number of thiazole rings is 1. The van der Waals surface area contributed by atoms with E-state index in [2.05, 4.69) is 21.0 Å². The van der Waals surface area contributed by atoms with Gasteiger partial charge >= 0.3 is 0 Å². The van der Waals surface area contributed by atoms with E-state index in [1.807, 2.05) is 6.92 Å². The summed E-state index contributed by atoms with van der Waals surface area (Å²) in [4.78, 5) is 16.1. The van der Waals surface area contributed by atoms with Crippen molar-refractivity contribution in [2.75, 3.05) is 25.4 Å². The Morgan fingerprint density at radius 2 is 2.37 bits per heavy atom. The Hall–Kier alpha value is -0.590. The second kappa shape index (κ2) is 7.87. The van der Waals surface area contributed by atoms with Gasteiger partial charge in [0.2, 0.25) is 5.91 Å². The maximum atomic E-state index is 11.7. The standard InChI is InChI=1S/C13H21N3OS2/c1-10-16-11(8-18-10)2-7-15-13(17)9-19-12-3-5-14-6-4-12/h8,12,14H,2-7,9H2,1H3,(H,15,17). The molecule has 0 unspecified atom stereocenters. The number of aryl methyl sites for hydroxylation is 1. The van der Waals surface area contributed by atoms with Crippen LogP contribution in [-0.2, 0) is 11.2 Å². The van der Waals surface area contributed by atoms with Crippen LogP contribution in [0.1, 0.15) is 23.5 Å². The minimum atomic E-state index is 0.149. The minimum absolute atomic E-state index is 0.149. The normalized spacial score (nSPS) is 16.5. The van der Waals surface area contributed by atoms with Crippen LogP contribution in [0.3, 0.4) is 0 Å². The van der Waals surface area contributed by atoms with E-state index in [4.69, 9.17) is 0 Å². The molecule has 0 bridgehead atoms. The van der Waals surface area contributed by atoms with Crippen LogP contribution < -0.4 is 10.6 Å². The van der Waals surface area contributed by atoms with Gasteiger partial charge in [0.1, 0.15) is 0 Å². The van der Waals surface area contributed by atoms with E-state index in [9.17, 15) is 4.79 Å². The molecule has 4 nitrogen and oxygen atoms in total. The number of hydrogen-bond donors (Lipinski definition) is 2. The van der Waals surface area contributed by atoms with E-state index in [0.29, 0.717) is 17.5 Å². The average molecular weight is 299 g/mol. The first-order chi connectivity index (χ1) is 9.24. The molecular weight excluding hydrogens is 278 g/mol. The van der Waals surface area contributed by atoms with Crippen LogP contribution in [0.25, 0.3) is 0 Å². The van der Waals surface area contributed by atoms with Crippen molar-refractivity contribution in [1.82, 2.24) is 15.6 Å². The molecule has 1 fully saturated rings. The highest BCUT2D eigenvalue weighted by molar-refractivity contribution is 8.00. The van der Waals surface area contributed by atoms with Gasteiger partial charge in [-0.05, 0) is 32.9 Å². The first kappa shape index (κ1) is 14.8. The van der Waals surface area contributed by atoms with Gasteiger partial charge in [-0.1, -0.05) is 0 Å². The molecule has 19 heavy (non-hydrogen) atoms. The fraction of sp³-hybridized carbons (Fsp3) is 0.692. The van der Waals surface area contributed by atoms with Crippen LogP contribution in [0.5, 0.6) is 0 Å². The molecule has 1 aromatic heterocycles. The topological polar surface area (TPSA) is 54.0 Å². The van der Waals surface area contributed by atoms with Crippen molar-refractivity contribution in [3.05, 3.63) is 16.1 Å². The summed E-state index contributed by atoms with van der Waals surface area (Å²) in [5.41, 5.74) is 1.08. The monoisotopic (exact) mass is 299 g/mol. The summed E-state index contributed by atoms with van der Waals surface area (Å²) in [6.45, 7) is 4.86. The van der Waals surface area contributed by atoms with Crippen molar-refractivity contribution in [2.24, 2.45) is 0 Å². The molecule has 2 rings (SSSR count). The van der Waals surface area contributed by atoms with Gasteiger partial charge in [-0.25, -0.2) is 4.98 Å². The summed E-state index contributed by atoms with van der Waals surface area (Å²) < 4.78 is 0. The number of carbonyl (C=O) groups is 1. The van der Waals surface area contributed by atoms with Gasteiger partial charge in [0, 0.05) is 23.6 Å². The molecule has 2 heterocycles. The summed E-state index contributed by atoms with van der Waals surface area (Å²) in [6, 6.07) is 0. The number of nitrogens with one attached hydrogen (secondary N) is 2. The fourth-order valence-electron chi connectivity index (χ4n) is 2.06. The molecule has 1 saturated heterocycles. The summed E-state index contributed by atoms with van der Waals surface area (Å²) in [5.74, 6) is 0.733. The van der Waals surface area contributed by atoms with E-state index < -0.39 is 0 Å². The van der Waals surface area contributed by atoms with E-state index in [1.54, 1.807) is 23.1 Å². The number of nitrogens with zero attached hydrogens (tertiary/aromatic N) is 1. The van der Waals surface area contributed by atoms with Gasteiger partial charge in [0.25, 0.3) is 0 Å². The first-order valence-corrected chi connectivity index (χ1v) is 8.67. The van der Waals surface area contributed by atoms with E-state index in [1.165, 1.54) is 12.8 Å². The maximum Gasteiger partial charge on any atom is 0.230 e. The number of piperidine rings is 1. The molecule has 1 aliphatic heterocycles. The molecule has 0 radical (unpaired) electrons. The predicted octanol–water partition coefficient (Wildman–Crippen LogP) is 1.60. The van der Waals surface area contributed by atoms with Crippen molar-refractivity contribution >= 4 is 29.0 Å². The lowest BCUT2D eigenvalue weighted by Gasteiger charge is -2.21. The van der Waals surface area contributed by atoms with Crippen LogP contribution >= 0.6 is 23.1 Å². The Balaban J connectivity index is 1.56. The first-order valence-electron chi connectivity index (χ1n) is 6.74. The Bertz CT molecular complexity index is 402. The molecule has 1 amide bonds. The lowest BCUT2D eigenvalue weighted by molar-refractivity contribution is -0.118. The Morgan fingerprint density at radius 3 is 3.05 bits per heavy atom. The highest BCUT2D eigenvalue weighted by atomic mass is 32.2. The summed E-state index contributed by atoms with van der Waals surface area (Å²) in [7, 11) is 0. The highest BCUT2D eigenvalue weighted by Crippen LogP contribution is 2.19. The number of thioether (sulfide) groups is 1. The maximum absolute atomic E-state index is 11.7. The highest BCUT2D eigenvalue weighted by Gasteiger charge is 2.14. The molecule has 1 aromatic rings. The molecule has 0 aliphatic carbocycles. The van der Waals surface area contributed by atoms with Crippen LogP contribution in [-0.4, -0.2) is 41.5 Å². The van der Waals surface area contributed by atoms with Crippen LogP contribution in [0.15, 0.2) is 5.38 Å². The van der Waals surface area contributed by atoms with Crippen LogP contribution in [0, 0.1) is 6.92 Å². The molecule has 0 aromatic carbocycles. The van der Waals surface area contributed by atoms with E-state index >= 15 is 0 Å². The second-order valence-corrected chi connectivity index (χ2v) is 7.07. The van der Waals surface area contributed by atoms with Crippen molar-refractivity contribution in [3.63, 3.8) is 0 Å². The number of aromatic nitrogens is 1. The molecule has 106 valence electrons. The van der Waals surface area contributed by atoms with Crippen LogP contribution in [0.2, 0.25) is 0 Å². The Labute approximate surface area is 122 Å². The third-order valence-corrected chi connectivity index (χ3v) is 5.30. The van der Waals surface area contributed by atoms with Gasteiger partial charge in [-0.2, -0.15) is 0 Å². The van der Waals surface area contributed by atoms with E-state index in [0.717, 1.165) is 30.2 Å². The van der Waals surface area contributed by atoms with E-state index in [-0.39, 0.29) is 5.91 Å². The molecular formula is C13H21N3OS2. The third kappa shape index (κ3) is 5.50. The van der Waals surface area contributed by atoms with Crippen molar-refractivity contribution in [1.29, 1.82) is 0 Å². The quantitative estimate of drug-likeness (QED) is 0.838. The van der Waals surface area contributed by atoms with Crippen molar-refractivity contribution in [3.8, 4) is 0 Å². The predicted molar refractivity (Wildman–Crippen MR) is 81.9 cm³/mol. The summed E-state index contributed by atoms with van der Waals surface area (Å²) in [5, 5.41) is 10.1. The smallest absolute Gasteiger partial charge is 0.230 e. The number of carbonyl (C=O) groups excluding carboxylic acids is 1. The summed E-state index contributed by atoms with van der Waals surface area (Å²) >= 11 is 3.45. The molecule has 0 saturated carbocycles. The average Bonchev–Trinajstić information content (AvgIpc) is 2.83. The lowest BCUT2D eigenvalue weighted by atomic mass is 10.2. The number of amides is 1. The van der Waals surface area contributed by atoms with Crippen molar-refractivity contribution in [2.45, 2.75) is 31.4 Å². The zero-order valence-corrected chi connectivity index (χ0v) is 12.9. The molecule has 0 spiro atoms. The minimum Gasteiger partial charge on any atom is -0.355 e. The Kier molecular flexibility index (Phi) is 6.13. The third-order valence-electron chi connectivity index (χ3n) is 3.11. The molecule has 6 heteroatoms. The fourth-order valence-corrected chi connectivity index (χ4v) is 3.77. The van der Waals surface area contributed by atoms with Gasteiger partial charge in [-0.3, -0.25) is 4.79 Å².